The summed E-state index contributed by atoms with van der Waals surface area (Å²) in [5, 5.41) is 0.443. The van der Waals surface area contributed by atoms with E-state index in [2.05, 4.69) is 20.9 Å². The molecule has 4 aromatic rings. The van der Waals surface area contributed by atoms with Crippen LogP contribution in [0, 0.1) is 0 Å². The maximum atomic E-state index is 13.7. The smallest absolute Gasteiger partial charge is 0.338 e. The highest BCUT2D eigenvalue weighted by Crippen LogP contribution is 2.34. The van der Waals surface area contributed by atoms with Crippen LogP contribution in [0.5, 0.6) is 0 Å². The zero-order chi connectivity index (χ0) is 25.4. The van der Waals surface area contributed by atoms with E-state index in [1.165, 1.54) is 15.9 Å². The van der Waals surface area contributed by atoms with Crippen molar-refractivity contribution < 1.29 is 13.9 Å². The Morgan fingerprint density at radius 3 is 2.67 bits per heavy atom. The van der Waals surface area contributed by atoms with Crippen LogP contribution in [0.2, 0.25) is 5.02 Å². The second-order valence-electron chi connectivity index (χ2n) is 8.03. The third-order valence-corrected chi connectivity index (χ3v) is 7.60. The SMILES string of the molecule is CCOC(=O)C1=C(C)N=c2s/c(=C\c3ccc(-c4ccc(Br)cc4)o3)c(=O)n2[C@H]1c1ccccc1Cl. The van der Waals surface area contributed by atoms with Crippen molar-refractivity contribution in [1.82, 2.24) is 4.57 Å². The van der Waals surface area contributed by atoms with E-state index in [9.17, 15) is 9.59 Å². The van der Waals surface area contributed by atoms with Gasteiger partial charge in [0.2, 0.25) is 0 Å². The van der Waals surface area contributed by atoms with Gasteiger partial charge >= 0.3 is 5.97 Å². The molecule has 0 spiro atoms. The average Bonchev–Trinajstić information content (AvgIpc) is 3.44. The summed E-state index contributed by atoms with van der Waals surface area (Å²) in [6.07, 6.45) is 1.69. The molecule has 2 aromatic carbocycles. The number of carbonyl (C=O) groups excluding carboxylic acids is 1. The zero-order valence-corrected chi connectivity index (χ0v) is 22.5. The molecule has 0 N–H and O–H groups in total. The molecular formula is C27H20BrClN2O4S. The molecule has 0 radical (unpaired) electrons. The Labute approximate surface area is 224 Å². The molecule has 6 nitrogen and oxygen atoms in total. The third-order valence-electron chi connectivity index (χ3n) is 5.75. The molecule has 0 aliphatic carbocycles. The van der Waals surface area contributed by atoms with Crippen LogP contribution >= 0.6 is 38.9 Å². The molecule has 9 heteroatoms. The fourth-order valence-corrected chi connectivity index (χ4v) is 5.64. The Morgan fingerprint density at radius 1 is 1.19 bits per heavy atom. The molecule has 0 fully saturated rings. The van der Waals surface area contributed by atoms with Gasteiger partial charge in [-0.3, -0.25) is 9.36 Å². The van der Waals surface area contributed by atoms with Crippen LogP contribution in [0.15, 0.2) is 90.6 Å². The number of rotatable bonds is 5. The first-order valence-corrected chi connectivity index (χ1v) is 13.2. The molecule has 0 bridgehead atoms. The minimum absolute atomic E-state index is 0.203. The largest absolute Gasteiger partial charge is 0.463 e. The molecule has 36 heavy (non-hydrogen) atoms. The molecule has 1 aliphatic rings. The number of carbonyl (C=O) groups is 1. The highest BCUT2D eigenvalue weighted by atomic mass is 79.9. The molecule has 0 unspecified atom stereocenters. The molecule has 1 aliphatic heterocycles. The van der Waals surface area contributed by atoms with Crippen LogP contribution in [-0.2, 0) is 9.53 Å². The van der Waals surface area contributed by atoms with Gasteiger partial charge in [0.15, 0.2) is 4.80 Å². The number of aromatic nitrogens is 1. The molecule has 0 saturated carbocycles. The lowest BCUT2D eigenvalue weighted by Gasteiger charge is -2.25. The topological polar surface area (TPSA) is 73.8 Å². The lowest BCUT2D eigenvalue weighted by Crippen LogP contribution is -2.40. The lowest BCUT2D eigenvalue weighted by atomic mass is 9.96. The van der Waals surface area contributed by atoms with Crippen molar-refractivity contribution in [2.75, 3.05) is 6.61 Å². The summed E-state index contributed by atoms with van der Waals surface area (Å²) in [6, 6.07) is 17.9. The number of allylic oxidation sites excluding steroid dienone is 1. The number of esters is 1. The fourth-order valence-electron chi connectivity index (χ4n) is 4.11. The Balaban J connectivity index is 1.65. The number of benzene rings is 2. The average molecular weight is 584 g/mol. The summed E-state index contributed by atoms with van der Waals surface area (Å²) < 4.78 is 14.2. The second kappa shape index (κ2) is 10.0. The number of fused-ring (bicyclic) bond motifs is 1. The van der Waals surface area contributed by atoms with E-state index < -0.39 is 12.0 Å². The quantitative estimate of drug-likeness (QED) is 0.292. The van der Waals surface area contributed by atoms with Crippen LogP contribution in [0.4, 0.5) is 0 Å². The van der Waals surface area contributed by atoms with Gasteiger partial charge in [0.1, 0.15) is 17.6 Å². The number of ether oxygens (including phenoxy) is 1. The van der Waals surface area contributed by atoms with Gasteiger partial charge in [-0.15, -0.1) is 0 Å². The zero-order valence-electron chi connectivity index (χ0n) is 19.3. The van der Waals surface area contributed by atoms with Gasteiger partial charge in [0.25, 0.3) is 5.56 Å². The van der Waals surface area contributed by atoms with E-state index in [0.29, 0.717) is 42.7 Å². The summed E-state index contributed by atoms with van der Waals surface area (Å²) in [5.74, 6) is 0.702. The number of hydrogen-bond donors (Lipinski definition) is 0. The van der Waals surface area contributed by atoms with E-state index in [1.54, 1.807) is 38.1 Å². The maximum absolute atomic E-state index is 13.7. The van der Waals surface area contributed by atoms with Crippen LogP contribution in [0.1, 0.15) is 31.2 Å². The predicted molar refractivity (Wildman–Crippen MR) is 144 cm³/mol. The second-order valence-corrected chi connectivity index (χ2v) is 10.4. The molecule has 1 atom stereocenters. The van der Waals surface area contributed by atoms with Gasteiger partial charge in [-0.25, -0.2) is 9.79 Å². The highest BCUT2D eigenvalue weighted by molar-refractivity contribution is 9.10. The Morgan fingerprint density at radius 2 is 1.94 bits per heavy atom. The highest BCUT2D eigenvalue weighted by Gasteiger charge is 2.34. The first-order chi connectivity index (χ1) is 17.4. The van der Waals surface area contributed by atoms with Crippen molar-refractivity contribution in [2.45, 2.75) is 19.9 Å². The van der Waals surface area contributed by atoms with E-state index >= 15 is 0 Å². The number of hydrogen-bond acceptors (Lipinski definition) is 6. The third kappa shape index (κ3) is 4.52. The Kier molecular flexibility index (Phi) is 6.83. The van der Waals surface area contributed by atoms with Gasteiger partial charge in [-0.1, -0.05) is 69.2 Å². The molecular weight excluding hydrogens is 564 g/mol. The van der Waals surface area contributed by atoms with Crippen LogP contribution in [-0.4, -0.2) is 17.1 Å². The number of thiazole rings is 1. The first-order valence-electron chi connectivity index (χ1n) is 11.2. The van der Waals surface area contributed by atoms with Gasteiger partial charge in [-0.2, -0.15) is 0 Å². The standard InChI is InChI=1S/C27H20BrClN2O4S/c1-3-34-26(33)23-15(2)30-27-31(24(23)19-6-4-5-7-20(19)29)25(32)22(36-27)14-18-12-13-21(35-18)16-8-10-17(28)11-9-16/h4-14,24H,3H2,1-2H3/b22-14-/t24-/m0/s1. The number of furan rings is 1. The summed E-state index contributed by atoms with van der Waals surface area (Å²) in [4.78, 5) is 31.7. The fraction of sp³-hybridized carbons (Fsp3) is 0.148. The van der Waals surface area contributed by atoms with Crippen molar-refractivity contribution in [3.05, 3.63) is 112 Å². The van der Waals surface area contributed by atoms with Crippen molar-refractivity contribution in [3.63, 3.8) is 0 Å². The van der Waals surface area contributed by atoms with Crippen LogP contribution < -0.4 is 14.9 Å². The number of nitrogens with zero attached hydrogens (tertiary/aromatic N) is 2. The van der Waals surface area contributed by atoms with Gasteiger partial charge in [0.05, 0.1) is 22.4 Å². The maximum Gasteiger partial charge on any atom is 0.338 e. The molecule has 2 aromatic heterocycles. The number of halogens is 2. The minimum Gasteiger partial charge on any atom is -0.463 e. The lowest BCUT2D eigenvalue weighted by molar-refractivity contribution is -0.139. The van der Waals surface area contributed by atoms with Gasteiger partial charge in [0, 0.05) is 21.1 Å². The summed E-state index contributed by atoms with van der Waals surface area (Å²) >= 11 is 11.2. The van der Waals surface area contributed by atoms with Crippen LogP contribution in [0.25, 0.3) is 17.4 Å². The molecule has 0 amide bonds. The minimum atomic E-state index is -0.758. The molecule has 3 heterocycles. The normalized spacial score (nSPS) is 15.6. The molecule has 0 saturated heterocycles. The summed E-state index contributed by atoms with van der Waals surface area (Å²) in [5.41, 5.74) is 2.04. The van der Waals surface area contributed by atoms with E-state index in [1.807, 2.05) is 42.5 Å². The Hall–Kier alpha value is -3.20. The van der Waals surface area contributed by atoms with Gasteiger partial charge in [-0.05, 0) is 49.7 Å². The summed E-state index contributed by atoms with van der Waals surface area (Å²) in [6.45, 7) is 3.68. The molecule has 182 valence electrons. The van der Waals surface area contributed by atoms with Crippen molar-refractivity contribution in [1.29, 1.82) is 0 Å². The summed E-state index contributed by atoms with van der Waals surface area (Å²) in [7, 11) is 0. The predicted octanol–water partition coefficient (Wildman–Crippen LogP) is 5.47. The monoisotopic (exact) mass is 582 g/mol. The van der Waals surface area contributed by atoms with E-state index in [4.69, 9.17) is 20.8 Å². The first kappa shape index (κ1) is 24.5. The van der Waals surface area contributed by atoms with Crippen LogP contribution in [0.3, 0.4) is 0 Å². The van der Waals surface area contributed by atoms with E-state index in [0.717, 1.165) is 10.0 Å². The van der Waals surface area contributed by atoms with Crippen molar-refractivity contribution >= 4 is 50.9 Å². The molecule has 5 rings (SSSR count). The van der Waals surface area contributed by atoms with E-state index in [-0.39, 0.29) is 12.2 Å². The van der Waals surface area contributed by atoms with Crippen molar-refractivity contribution in [2.24, 2.45) is 4.99 Å². The Bertz CT molecular complexity index is 1680. The van der Waals surface area contributed by atoms with Crippen molar-refractivity contribution in [3.8, 4) is 11.3 Å². The van der Waals surface area contributed by atoms with Gasteiger partial charge < -0.3 is 9.15 Å².